The van der Waals surface area contributed by atoms with Gasteiger partial charge in [0, 0.05) is 18.0 Å². The Kier molecular flexibility index (Phi) is 5.24. The van der Waals surface area contributed by atoms with Crippen LogP contribution in [0.3, 0.4) is 0 Å². The zero-order valence-corrected chi connectivity index (χ0v) is 13.1. The molecule has 0 saturated carbocycles. The maximum absolute atomic E-state index is 12.9. The first-order chi connectivity index (χ1) is 9.61. The van der Waals surface area contributed by atoms with Crippen molar-refractivity contribution in [3.63, 3.8) is 0 Å². The van der Waals surface area contributed by atoms with E-state index in [-0.39, 0.29) is 5.82 Å². The van der Waals surface area contributed by atoms with Crippen LogP contribution in [-0.2, 0) is 12.3 Å². The molecule has 4 heteroatoms. The zero-order chi connectivity index (χ0) is 14.5. The maximum atomic E-state index is 12.9. The van der Waals surface area contributed by atoms with Crippen molar-refractivity contribution in [1.29, 1.82) is 0 Å². The molecular formula is C16H21FN2S. The van der Waals surface area contributed by atoms with Gasteiger partial charge in [0.25, 0.3) is 0 Å². The number of aryl methyl sites for hydroxylation is 1. The highest BCUT2D eigenvalue weighted by Crippen LogP contribution is 2.25. The van der Waals surface area contributed by atoms with Crippen molar-refractivity contribution in [2.75, 3.05) is 0 Å². The number of benzene rings is 1. The first-order valence-corrected chi connectivity index (χ1v) is 8.01. The molecule has 0 aliphatic rings. The van der Waals surface area contributed by atoms with Crippen LogP contribution < -0.4 is 0 Å². The van der Waals surface area contributed by atoms with Gasteiger partial charge in [0.2, 0.25) is 0 Å². The summed E-state index contributed by atoms with van der Waals surface area (Å²) < 4.78 is 15.2. The SMILES string of the molecule is CCCCn1c(SCc2ccc(F)cc2)nc(C)c1C. The second-order valence-corrected chi connectivity index (χ2v) is 5.93. The molecule has 0 unspecified atom stereocenters. The van der Waals surface area contributed by atoms with Gasteiger partial charge in [-0.1, -0.05) is 37.2 Å². The number of nitrogens with zero attached hydrogens (tertiary/aromatic N) is 2. The van der Waals surface area contributed by atoms with Crippen molar-refractivity contribution >= 4 is 11.8 Å². The summed E-state index contributed by atoms with van der Waals surface area (Å²) in [6, 6.07) is 6.69. The summed E-state index contributed by atoms with van der Waals surface area (Å²) in [6.45, 7) is 7.40. The highest BCUT2D eigenvalue weighted by Gasteiger charge is 2.11. The van der Waals surface area contributed by atoms with Crippen molar-refractivity contribution in [3.8, 4) is 0 Å². The predicted molar refractivity (Wildman–Crippen MR) is 82.6 cm³/mol. The smallest absolute Gasteiger partial charge is 0.168 e. The molecule has 1 aromatic heterocycles. The van der Waals surface area contributed by atoms with Crippen molar-refractivity contribution < 1.29 is 4.39 Å². The number of halogens is 1. The number of hydrogen-bond acceptors (Lipinski definition) is 2. The monoisotopic (exact) mass is 292 g/mol. The van der Waals surface area contributed by atoms with E-state index in [4.69, 9.17) is 0 Å². The zero-order valence-electron chi connectivity index (χ0n) is 12.3. The minimum absolute atomic E-state index is 0.185. The van der Waals surface area contributed by atoms with Crippen LogP contribution in [0.2, 0.25) is 0 Å². The summed E-state index contributed by atoms with van der Waals surface area (Å²) in [6.07, 6.45) is 2.35. The number of rotatable bonds is 6. The third kappa shape index (κ3) is 3.63. The van der Waals surface area contributed by atoms with Gasteiger partial charge in [0.1, 0.15) is 5.82 Å². The van der Waals surface area contributed by atoms with E-state index in [9.17, 15) is 4.39 Å². The van der Waals surface area contributed by atoms with Crippen LogP contribution in [0.1, 0.15) is 36.7 Å². The molecule has 2 aromatic rings. The summed E-state index contributed by atoms with van der Waals surface area (Å²) in [5.41, 5.74) is 3.47. The Labute approximate surface area is 124 Å². The largest absolute Gasteiger partial charge is 0.323 e. The van der Waals surface area contributed by atoms with Crippen LogP contribution in [0.15, 0.2) is 29.4 Å². The average molecular weight is 292 g/mol. The number of thioether (sulfide) groups is 1. The molecule has 2 nitrogen and oxygen atoms in total. The second-order valence-electron chi connectivity index (χ2n) is 4.99. The number of unbranched alkanes of at least 4 members (excludes halogenated alkanes) is 1. The highest BCUT2D eigenvalue weighted by molar-refractivity contribution is 7.98. The topological polar surface area (TPSA) is 17.8 Å². The van der Waals surface area contributed by atoms with Crippen LogP contribution in [0, 0.1) is 19.7 Å². The van der Waals surface area contributed by atoms with Gasteiger partial charge in [-0.3, -0.25) is 0 Å². The summed E-state index contributed by atoms with van der Waals surface area (Å²) in [5.74, 6) is 0.636. The van der Waals surface area contributed by atoms with Gasteiger partial charge in [-0.25, -0.2) is 9.37 Å². The quantitative estimate of drug-likeness (QED) is 0.716. The number of hydrogen-bond donors (Lipinski definition) is 0. The fourth-order valence-corrected chi connectivity index (χ4v) is 3.12. The van der Waals surface area contributed by atoms with E-state index in [1.807, 2.05) is 12.1 Å². The first-order valence-electron chi connectivity index (χ1n) is 7.02. The van der Waals surface area contributed by atoms with Crippen LogP contribution in [-0.4, -0.2) is 9.55 Å². The van der Waals surface area contributed by atoms with E-state index < -0.39 is 0 Å². The fourth-order valence-electron chi connectivity index (χ4n) is 2.04. The molecule has 20 heavy (non-hydrogen) atoms. The predicted octanol–water partition coefficient (Wildman–Crippen LogP) is 4.73. The highest BCUT2D eigenvalue weighted by atomic mass is 32.2. The molecule has 0 bridgehead atoms. The Morgan fingerprint density at radius 1 is 1.20 bits per heavy atom. The number of aromatic nitrogens is 2. The van der Waals surface area contributed by atoms with E-state index in [0.29, 0.717) is 0 Å². The van der Waals surface area contributed by atoms with Crippen molar-refractivity contribution in [1.82, 2.24) is 9.55 Å². The van der Waals surface area contributed by atoms with Gasteiger partial charge >= 0.3 is 0 Å². The van der Waals surface area contributed by atoms with E-state index in [0.717, 1.165) is 28.7 Å². The van der Waals surface area contributed by atoms with Gasteiger partial charge in [0.05, 0.1) is 5.69 Å². The average Bonchev–Trinajstić information content (AvgIpc) is 2.71. The van der Waals surface area contributed by atoms with Gasteiger partial charge in [-0.2, -0.15) is 0 Å². The van der Waals surface area contributed by atoms with Crippen LogP contribution >= 0.6 is 11.8 Å². The Morgan fingerprint density at radius 2 is 1.90 bits per heavy atom. The maximum Gasteiger partial charge on any atom is 0.168 e. The number of imidazole rings is 1. The molecule has 0 N–H and O–H groups in total. The molecule has 0 amide bonds. The Bertz CT molecular complexity index is 561. The first kappa shape index (κ1) is 15.1. The van der Waals surface area contributed by atoms with E-state index in [2.05, 4.69) is 30.3 Å². The third-order valence-electron chi connectivity index (χ3n) is 3.44. The van der Waals surface area contributed by atoms with Crippen LogP contribution in [0.25, 0.3) is 0 Å². The Hall–Kier alpha value is -1.29. The van der Waals surface area contributed by atoms with E-state index in [1.165, 1.54) is 30.7 Å². The van der Waals surface area contributed by atoms with E-state index >= 15 is 0 Å². The molecule has 0 fully saturated rings. The lowest BCUT2D eigenvalue weighted by Gasteiger charge is -2.09. The summed E-state index contributed by atoms with van der Waals surface area (Å²) in [7, 11) is 0. The lowest BCUT2D eigenvalue weighted by molar-refractivity contribution is 0.575. The molecule has 0 aliphatic carbocycles. The summed E-state index contributed by atoms with van der Waals surface area (Å²) >= 11 is 1.72. The fraction of sp³-hybridized carbons (Fsp3) is 0.438. The van der Waals surface area contributed by atoms with E-state index in [1.54, 1.807) is 11.8 Å². The normalized spacial score (nSPS) is 11.0. The lowest BCUT2D eigenvalue weighted by atomic mass is 10.2. The van der Waals surface area contributed by atoms with Crippen molar-refractivity contribution in [2.45, 2.75) is 51.1 Å². The molecule has 0 atom stereocenters. The van der Waals surface area contributed by atoms with Gasteiger partial charge in [-0.05, 0) is 38.0 Å². The van der Waals surface area contributed by atoms with Crippen molar-refractivity contribution in [3.05, 3.63) is 47.0 Å². The second kappa shape index (κ2) is 6.93. The third-order valence-corrected chi connectivity index (χ3v) is 4.49. The Morgan fingerprint density at radius 3 is 2.55 bits per heavy atom. The lowest BCUT2D eigenvalue weighted by Crippen LogP contribution is -2.02. The molecule has 0 saturated heterocycles. The van der Waals surface area contributed by atoms with Gasteiger partial charge < -0.3 is 4.57 Å². The van der Waals surface area contributed by atoms with Gasteiger partial charge in [0.15, 0.2) is 5.16 Å². The molecule has 1 aromatic carbocycles. The van der Waals surface area contributed by atoms with Crippen molar-refractivity contribution in [2.24, 2.45) is 0 Å². The standard InChI is InChI=1S/C16H21FN2S/c1-4-5-10-19-13(3)12(2)18-16(19)20-11-14-6-8-15(17)9-7-14/h6-9H,4-5,10-11H2,1-3H3. The molecule has 1 heterocycles. The molecule has 0 aliphatic heterocycles. The summed E-state index contributed by atoms with van der Waals surface area (Å²) in [4.78, 5) is 4.65. The van der Waals surface area contributed by atoms with Crippen LogP contribution in [0.5, 0.6) is 0 Å². The molecule has 2 rings (SSSR count). The minimum atomic E-state index is -0.185. The van der Waals surface area contributed by atoms with Gasteiger partial charge in [-0.15, -0.1) is 0 Å². The Balaban J connectivity index is 2.08. The molecular weight excluding hydrogens is 271 g/mol. The molecule has 108 valence electrons. The van der Waals surface area contributed by atoms with Crippen LogP contribution in [0.4, 0.5) is 4.39 Å². The minimum Gasteiger partial charge on any atom is -0.323 e. The molecule has 0 radical (unpaired) electrons. The molecule has 0 spiro atoms. The summed E-state index contributed by atoms with van der Waals surface area (Å²) in [5, 5.41) is 1.07.